The van der Waals surface area contributed by atoms with Crippen molar-refractivity contribution in [3.05, 3.63) is 66.2 Å². The summed E-state index contributed by atoms with van der Waals surface area (Å²) < 4.78 is 26.5. The van der Waals surface area contributed by atoms with Gasteiger partial charge in [0.15, 0.2) is 0 Å². The topological polar surface area (TPSA) is 92.3 Å². The molecule has 0 spiro atoms. The largest absolute Gasteiger partial charge is 0.300 e. The van der Waals surface area contributed by atoms with Gasteiger partial charge in [-0.1, -0.05) is 66.8 Å². The number of amides is 1. The van der Waals surface area contributed by atoms with Crippen molar-refractivity contribution < 1.29 is 13.2 Å². The molecule has 9 heteroatoms. The Balaban J connectivity index is 1.77. The van der Waals surface area contributed by atoms with E-state index < -0.39 is 10.0 Å². The van der Waals surface area contributed by atoms with Crippen LogP contribution >= 0.6 is 11.3 Å². The molecule has 0 bridgehead atoms. The molecule has 28 heavy (non-hydrogen) atoms. The van der Waals surface area contributed by atoms with Crippen LogP contribution in [-0.2, 0) is 14.8 Å². The first kappa shape index (κ1) is 20.0. The number of carbonyl (C=O) groups excluding carboxylic acids is 1. The lowest BCUT2D eigenvalue weighted by atomic mass is 9.96. The van der Waals surface area contributed by atoms with Gasteiger partial charge in [0.25, 0.3) is 14.4 Å². The van der Waals surface area contributed by atoms with Crippen LogP contribution in [0.4, 0.5) is 10.8 Å². The molecule has 0 saturated carbocycles. The number of carbonyl (C=O) groups is 1. The average molecular weight is 417 g/mol. The summed E-state index contributed by atoms with van der Waals surface area (Å²) >= 11 is 0.830. The highest BCUT2D eigenvalue weighted by atomic mass is 32.2. The third kappa shape index (κ3) is 4.20. The molecule has 0 saturated heterocycles. The molecule has 7 nitrogen and oxygen atoms in total. The van der Waals surface area contributed by atoms with Crippen molar-refractivity contribution in [2.24, 2.45) is 0 Å². The number of hydrogen-bond acceptors (Lipinski definition) is 6. The van der Waals surface area contributed by atoms with Gasteiger partial charge in [-0.25, -0.2) is 0 Å². The predicted molar refractivity (Wildman–Crippen MR) is 110 cm³/mol. The SMILES string of the molecule is CC[C@@H](C(=O)Nc1nnc(S(=O)(=O)N(C)c2ccccc2)s1)c1ccccc1. The van der Waals surface area contributed by atoms with E-state index in [0.29, 0.717) is 12.1 Å². The molecule has 3 rings (SSSR count). The Bertz CT molecular complexity index is 1040. The first-order valence-electron chi connectivity index (χ1n) is 8.66. The van der Waals surface area contributed by atoms with E-state index in [1.807, 2.05) is 37.3 Å². The van der Waals surface area contributed by atoms with Crippen molar-refractivity contribution in [1.29, 1.82) is 0 Å². The maximum Gasteiger partial charge on any atom is 0.293 e. The lowest BCUT2D eigenvalue weighted by Gasteiger charge is -2.17. The van der Waals surface area contributed by atoms with Crippen LogP contribution in [0.2, 0.25) is 0 Å². The van der Waals surface area contributed by atoms with E-state index in [-0.39, 0.29) is 21.3 Å². The van der Waals surface area contributed by atoms with Crippen LogP contribution in [0.15, 0.2) is 65.0 Å². The van der Waals surface area contributed by atoms with E-state index in [1.54, 1.807) is 30.3 Å². The van der Waals surface area contributed by atoms with E-state index in [1.165, 1.54) is 7.05 Å². The summed E-state index contributed by atoms with van der Waals surface area (Å²) in [5, 5.41) is 10.4. The molecule has 1 atom stereocenters. The lowest BCUT2D eigenvalue weighted by molar-refractivity contribution is -0.117. The Morgan fingerprint density at radius 1 is 1.07 bits per heavy atom. The number of rotatable bonds is 7. The molecule has 1 amide bonds. The second-order valence-electron chi connectivity index (χ2n) is 6.04. The van der Waals surface area contributed by atoms with Crippen molar-refractivity contribution in [2.75, 3.05) is 16.7 Å². The number of nitrogens with one attached hydrogen (secondary N) is 1. The second kappa shape index (κ2) is 8.49. The number of aromatic nitrogens is 2. The molecule has 1 N–H and O–H groups in total. The first-order valence-corrected chi connectivity index (χ1v) is 10.9. The van der Waals surface area contributed by atoms with Crippen LogP contribution in [0.5, 0.6) is 0 Å². The van der Waals surface area contributed by atoms with Crippen LogP contribution < -0.4 is 9.62 Å². The van der Waals surface area contributed by atoms with Crippen molar-refractivity contribution in [3.8, 4) is 0 Å². The molecule has 0 fully saturated rings. The highest BCUT2D eigenvalue weighted by Crippen LogP contribution is 2.27. The Hall–Kier alpha value is -2.78. The van der Waals surface area contributed by atoms with Crippen LogP contribution in [0.3, 0.4) is 0 Å². The molecule has 0 unspecified atom stereocenters. The molecule has 3 aromatic rings. The lowest BCUT2D eigenvalue weighted by Crippen LogP contribution is -2.26. The normalized spacial score (nSPS) is 12.4. The number of para-hydroxylation sites is 1. The predicted octanol–water partition coefficient (Wildman–Crippen LogP) is 3.50. The highest BCUT2D eigenvalue weighted by Gasteiger charge is 2.27. The fraction of sp³-hybridized carbons (Fsp3) is 0.211. The maximum absolute atomic E-state index is 12.8. The van der Waals surface area contributed by atoms with Gasteiger partial charge in [-0.3, -0.25) is 14.4 Å². The number of hydrogen-bond donors (Lipinski definition) is 1. The van der Waals surface area contributed by atoms with Crippen molar-refractivity contribution in [3.63, 3.8) is 0 Å². The van der Waals surface area contributed by atoms with Gasteiger partial charge in [0.1, 0.15) is 0 Å². The van der Waals surface area contributed by atoms with Crippen molar-refractivity contribution >= 4 is 38.1 Å². The van der Waals surface area contributed by atoms with E-state index in [2.05, 4.69) is 15.5 Å². The number of nitrogens with zero attached hydrogens (tertiary/aromatic N) is 3. The zero-order valence-electron chi connectivity index (χ0n) is 15.4. The van der Waals surface area contributed by atoms with Gasteiger partial charge in [0.05, 0.1) is 11.6 Å². The van der Waals surface area contributed by atoms with Gasteiger partial charge in [-0.15, -0.1) is 10.2 Å². The first-order chi connectivity index (χ1) is 13.4. The van der Waals surface area contributed by atoms with Gasteiger partial charge < -0.3 is 0 Å². The molecule has 1 aromatic heterocycles. The van der Waals surface area contributed by atoms with Gasteiger partial charge in [-0.2, -0.15) is 8.42 Å². The molecular weight excluding hydrogens is 396 g/mol. The van der Waals surface area contributed by atoms with Crippen molar-refractivity contribution in [1.82, 2.24) is 10.2 Å². The zero-order chi connectivity index (χ0) is 20.1. The van der Waals surface area contributed by atoms with E-state index in [9.17, 15) is 13.2 Å². The van der Waals surface area contributed by atoms with Crippen LogP contribution in [0, 0.1) is 0 Å². The summed E-state index contributed by atoms with van der Waals surface area (Å²) in [6.07, 6.45) is 0.608. The molecule has 1 heterocycles. The molecule has 0 aliphatic carbocycles. The summed E-state index contributed by atoms with van der Waals surface area (Å²) in [6.45, 7) is 1.92. The molecule has 0 radical (unpaired) electrons. The fourth-order valence-corrected chi connectivity index (χ4v) is 4.96. The standard InChI is InChI=1S/C19H20N4O3S2/c1-3-16(14-10-6-4-7-11-14)17(24)20-18-21-22-19(27-18)28(25,26)23(2)15-12-8-5-9-13-15/h4-13,16H,3H2,1-2H3,(H,20,21,24)/t16-/m1/s1. The van der Waals surface area contributed by atoms with Crippen LogP contribution in [0.1, 0.15) is 24.8 Å². The minimum Gasteiger partial charge on any atom is -0.300 e. The third-order valence-electron chi connectivity index (χ3n) is 4.26. The van der Waals surface area contributed by atoms with Crippen molar-refractivity contribution in [2.45, 2.75) is 23.6 Å². The summed E-state index contributed by atoms with van der Waals surface area (Å²) in [5.74, 6) is -0.595. The van der Waals surface area contributed by atoms with E-state index >= 15 is 0 Å². The minimum absolute atomic E-state index is 0.152. The van der Waals surface area contributed by atoms with Crippen LogP contribution in [-0.4, -0.2) is 31.6 Å². The summed E-state index contributed by atoms with van der Waals surface area (Å²) in [5.41, 5.74) is 1.40. The number of anilines is 2. The molecule has 146 valence electrons. The van der Waals surface area contributed by atoms with E-state index in [0.717, 1.165) is 21.2 Å². The Morgan fingerprint density at radius 2 is 1.68 bits per heavy atom. The minimum atomic E-state index is -3.86. The Kier molecular flexibility index (Phi) is 6.05. The van der Waals surface area contributed by atoms with Gasteiger partial charge in [0, 0.05) is 7.05 Å². The van der Waals surface area contributed by atoms with Crippen LogP contribution in [0.25, 0.3) is 0 Å². The molecule has 0 aliphatic rings. The summed E-state index contributed by atoms with van der Waals surface area (Å²) in [7, 11) is -2.41. The fourth-order valence-electron chi connectivity index (χ4n) is 2.71. The monoisotopic (exact) mass is 416 g/mol. The average Bonchev–Trinajstić information content (AvgIpc) is 3.19. The maximum atomic E-state index is 12.8. The number of benzene rings is 2. The van der Waals surface area contributed by atoms with Gasteiger partial charge in [0.2, 0.25) is 11.0 Å². The summed E-state index contributed by atoms with van der Waals surface area (Å²) in [6, 6.07) is 18.1. The molecular formula is C19H20N4O3S2. The molecule has 0 aliphatic heterocycles. The number of sulfonamides is 1. The van der Waals surface area contributed by atoms with Gasteiger partial charge in [-0.05, 0) is 24.1 Å². The summed E-state index contributed by atoms with van der Waals surface area (Å²) in [4.78, 5) is 12.6. The third-order valence-corrected chi connectivity index (χ3v) is 7.23. The van der Waals surface area contributed by atoms with E-state index in [4.69, 9.17) is 0 Å². The second-order valence-corrected chi connectivity index (χ2v) is 9.16. The quantitative estimate of drug-likeness (QED) is 0.595. The Labute approximate surface area is 168 Å². The molecule has 2 aromatic carbocycles. The van der Waals surface area contributed by atoms with Gasteiger partial charge >= 0.3 is 0 Å². The zero-order valence-corrected chi connectivity index (χ0v) is 17.1. The highest BCUT2D eigenvalue weighted by molar-refractivity contribution is 7.94. The smallest absolute Gasteiger partial charge is 0.293 e. The Morgan fingerprint density at radius 3 is 2.29 bits per heavy atom.